The SMILES string of the molecule is CCC(C)OCc1cc(C(=O)O)c(C)o1. The molecule has 1 aromatic rings. The summed E-state index contributed by atoms with van der Waals surface area (Å²) in [4.78, 5) is 10.7. The normalized spacial score (nSPS) is 12.7. The predicted molar refractivity (Wildman–Crippen MR) is 54.9 cm³/mol. The summed E-state index contributed by atoms with van der Waals surface area (Å²) in [6.07, 6.45) is 1.08. The molecule has 0 aliphatic carbocycles. The Labute approximate surface area is 88.8 Å². The van der Waals surface area contributed by atoms with Gasteiger partial charge < -0.3 is 14.3 Å². The summed E-state index contributed by atoms with van der Waals surface area (Å²) < 4.78 is 10.7. The lowest BCUT2D eigenvalue weighted by molar-refractivity contribution is 0.0403. The van der Waals surface area contributed by atoms with Crippen molar-refractivity contribution in [2.75, 3.05) is 0 Å². The zero-order valence-corrected chi connectivity index (χ0v) is 9.24. The molecule has 0 saturated heterocycles. The number of hydrogen-bond donors (Lipinski definition) is 1. The first kappa shape index (κ1) is 11.8. The van der Waals surface area contributed by atoms with Gasteiger partial charge in [0.15, 0.2) is 0 Å². The van der Waals surface area contributed by atoms with Gasteiger partial charge in [0, 0.05) is 0 Å². The Morgan fingerprint density at radius 2 is 2.33 bits per heavy atom. The molecule has 1 heterocycles. The summed E-state index contributed by atoms with van der Waals surface area (Å²) in [6, 6.07) is 1.51. The topological polar surface area (TPSA) is 59.7 Å². The van der Waals surface area contributed by atoms with E-state index in [4.69, 9.17) is 14.3 Å². The van der Waals surface area contributed by atoms with Gasteiger partial charge in [0.05, 0.1) is 6.10 Å². The second-order valence-electron chi connectivity index (χ2n) is 3.52. The van der Waals surface area contributed by atoms with E-state index in [0.717, 1.165) is 6.42 Å². The van der Waals surface area contributed by atoms with Crippen LogP contribution in [0, 0.1) is 6.92 Å². The first-order chi connectivity index (χ1) is 7.04. The Morgan fingerprint density at radius 1 is 1.67 bits per heavy atom. The third-order valence-electron chi connectivity index (χ3n) is 2.28. The van der Waals surface area contributed by atoms with Gasteiger partial charge in [0.1, 0.15) is 23.7 Å². The molecule has 1 unspecified atom stereocenters. The van der Waals surface area contributed by atoms with Crippen molar-refractivity contribution in [2.24, 2.45) is 0 Å². The van der Waals surface area contributed by atoms with Gasteiger partial charge >= 0.3 is 5.97 Å². The van der Waals surface area contributed by atoms with Crippen molar-refractivity contribution in [3.05, 3.63) is 23.2 Å². The molecule has 15 heavy (non-hydrogen) atoms. The fraction of sp³-hybridized carbons (Fsp3) is 0.545. The molecule has 0 aliphatic rings. The van der Waals surface area contributed by atoms with Gasteiger partial charge in [0.25, 0.3) is 0 Å². The molecular weight excluding hydrogens is 196 g/mol. The molecule has 0 saturated carbocycles. The highest BCUT2D eigenvalue weighted by Gasteiger charge is 2.13. The minimum absolute atomic E-state index is 0.156. The molecule has 1 aromatic heterocycles. The molecule has 4 nitrogen and oxygen atoms in total. The molecule has 0 radical (unpaired) electrons. The maximum atomic E-state index is 10.7. The molecule has 0 aliphatic heterocycles. The molecule has 0 bridgehead atoms. The number of aryl methyl sites for hydroxylation is 1. The van der Waals surface area contributed by atoms with E-state index in [1.165, 1.54) is 6.07 Å². The van der Waals surface area contributed by atoms with Crippen molar-refractivity contribution in [1.82, 2.24) is 0 Å². The van der Waals surface area contributed by atoms with Crippen LogP contribution in [0.1, 0.15) is 42.1 Å². The Balaban J connectivity index is 2.63. The molecule has 0 fully saturated rings. The molecule has 84 valence electrons. The number of aromatic carboxylic acids is 1. The maximum absolute atomic E-state index is 10.7. The van der Waals surface area contributed by atoms with E-state index in [2.05, 4.69) is 0 Å². The smallest absolute Gasteiger partial charge is 0.339 e. The molecule has 1 N–H and O–H groups in total. The summed E-state index contributed by atoms with van der Waals surface area (Å²) in [5.74, 6) is 0.0153. The van der Waals surface area contributed by atoms with Crippen LogP contribution in [0.25, 0.3) is 0 Å². The van der Waals surface area contributed by atoms with Crippen LogP contribution in [0.3, 0.4) is 0 Å². The highest BCUT2D eigenvalue weighted by molar-refractivity contribution is 5.88. The standard InChI is InChI=1S/C11H16O4/c1-4-7(2)14-6-9-5-10(11(12)13)8(3)15-9/h5,7H,4,6H2,1-3H3,(H,12,13). The molecule has 1 rings (SSSR count). The van der Waals surface area contributed by atoms with Gasteiger partial charge in [-0.15, -0.1) is 0 Å². The number of carboxylic acids is 1. The first-order valence-corrected chi connectivity index (χ1v) is 4.98. The van der Waals surface area contributed by atoms with Crippen LogP contribution in [-0.4, -0.2) is 17.2 Å². The van der Waals surface area contributed by atoms with Crippen molar-refractivity contribution < 1.29 is 19.1 Å². The van der Waals surface area contributed by atoms with Crippen LogP contribution in [0.15, 0.2) is 10.5 Å². The van der Waals surface area contributed by atoms with Crippen LogP contribution >= 0.6 is 0 Å². The van der Waals surface area contributed by atoms with E-state index >= 15 is 0 Å². The van der Waals surface area contributed by atoms with Gasteiger partial charge in [-0.2, -0.15) is 0 Å². The summed E-state index contributed by atoms with van der Waals surface area (Å²) in [7, 11) is 0. The average molecular weight is 212 g/mol. The minimum Gasteiger partial charge on any atom is -0.478 e. The minimum atomic E-state index is -0.967. The fourth-order valence-corrected chi connectivity index (χ4v) is 1.17. The molecule has 1 atom stereocenters. The Morgan fingerprint density at radius 3 is 2.80 bits per heavy atom. The lowest BCUT2D eigenvalue weighted by atomic mass is 10.2. The van der Waals surface area contributed by atoms with Crippen molar-refractivity contribution in [3.63, 3.8) is 0 Å². The quantitative estimate of drug-likeness (QED) is 0.815. The summed E-state index contributed by atoms with van der Waals surface area (Å²) in [5, 5.41) is 8.80. The second-order valence-corrected chi connectivity index (χ2v) is 3.52. The zero-order chi connectivity index (χ0) is 11.4. The predicted octanol–water partition coefficient (Wildman–Crippen LogP) is 2.60. The Kier molecular flexibility index (Phi) is 3.91. The van der Waals surface area contributed by atoms with Crippen LogP contribution in [0.2, 0.25) is 0 Å². The first-order valence-electron chi connectivity index (χ1n) is 4.98. The van der Waals surface area contributed by atoms with E-state index < -0.39 is 5.97 Å². The van der Waals surface area contributed by atoms with E-state index in [9.17, 15) is 4.79 Å². The summed E-state index contributed by atoms with van der Waals surface area (Å²) >= 11 is 0. The van der Waals surface area contributed by atoms with Crippen molar-refractivity contribution in [1.29, 1.82) is 0 Å². The van der Waals surface area contributed by atoms with E-state index in [0.29, 0.717) is 18.1 Å². The average Bonchev–Trinajstić information content (AvgIpc) is 2.56. The van der Waals surface area contributed by atoms with E-state index in [1.807, 2.05) is 13.8 Å². The van der Waals surface area contributed by atoms with Gasteiger partial charge in [0.2, 0.25) is 0 Å². The van der Waals surface area contributed by atoms with E-state index in [-0.39, 0.29) is 11.7 Å². The van der Waals surface area contributed by atoms with Gasteiger partial charge in [-0.25, -0.2) is 4.79 Å². The van der Waals surface area contributed by atoms with Crippen molar-refractivity contribution in [2.45, 2.75) is 39.9 Å². The third-order valence-corrected chi connectivity index (χ3v) is 2.28. The molecule has 0 spiro atoms. The number of furan rings is 1. The van der Waals surface area contributed by atoms with Crippen LogP contribution in [0.4, 0.5) is 0 Å². The third kappa shape index (κ3) is 3.09. The lowest BCUT2D eigenvalue weighted by Gasteiger charge is -2.07. The van der Waals surface area contributed by atoms with Crippen LogP contribution in [-0.2, 0) is 11.3 Å². The number of carboxylic acid groups (broad SMARTS) is 1. The number of rotatable bonds is 5. The van der Waals surface area contributed by atoms with E-state index in [1.54, 1.807) is 6.92 Å². The summed E-state index contributed by atoms with van der Waals surface area (Å²) in [6.45, 7) is 5.95. The number of ether oxygens (including phenoxy) is 1. The Hall–Kier alpha value is -1.29. The highest BCUT2D eigenvalue weighted by atomic mass is 16.5. The fourth-order valence-electron chi connectivity index (χ4n) is 1.17. The largest absolute Gasteiger partial charge is 0.478 e. The van der Waals surface area contributed by atoms with Gasteiger partial charge in [-0.3, -0.25) is 0 Å². The molecule has 0 aromatic carbocycles. The maximum Gasteiger partial charge on any atom is 0.339 e. The van der Waals surface area contributed by atoms with Gasteiger partial charge in [-0.05, 0) is 26.3 Å². The van der Waals surface area contributed by atoms with Crippen molar-refractivity contribution in [3.8, 4) is 0 Å². The van der Waals surface area contributed by atoms with Crippen LogP contribution < -0.4 is 0 Å². The van der Waals surface area contributed by atoms with Crippen LogP contribution in [0.5, 0.6) is 0 Å². The highest BCUT2D eigenvalue weighted by Crippen LogP contribution is 2.16. The molecule has 4 heteroatoms. The second kappa shape index (κ2) is 4.98. The zero-order valence-electron chi connectivity index (χ0n) is 9.24. The molecular formula is C11H16O4. The van der Waals surface area contributed by atoms with Crippen molar-refractivity contribution >= 4 is 5.97 Å². The number of carbonyl (C=O) groups is 1. The molecule has 0 amide bonds. The number of hydrogen-bond acceptors (Lipinski definition) is 3. The van der Waals surface area contributed by atoms with Gasteiger partial charge in [-0.1, -0.05) is 6.92 Å². The lowest BCUT2D eigenvalue weighted by Crippen LogP contribution is -2.05. The summed E-state index contributed by atoms with van der Waals surface area (Å²) in [5.41, 5.74) is 0.206. The Bertz CT molecular complexity index is 340. The monoisotopic (exact) mass is 212 g/mol.